The number of rotatable bonds is 6. The largest absolute Gasteiger partial charge is 0.465 e. The first kappa shape index (κ1) is 17.7. The molecule has 1 unspecified atom stereocenters. The summed E-state index contributed by atoms with van der Waals surface area (Å²) >= 11 is 0. The zero-order valence-corrected chi connectivity index (χ0v) is 13.4. The maximum atomic E-state index is 12.6. The Kier molecular flexibility index (Phi) is 5.72. The van der Waals surface area contributed by atoms with Gasteiger partial charge in [-0.3, -0.25) is 4.79 Å². The van der Waals surface area contributed by atoms with E-state index in [-0.39, 0.29) is 24.8 Å². The lowest BCUT2D eigenvalue weighted by Gasteiger charge is -2.32. The lowest BCUT2D eigenvalue weighted by molar-refractivity contribution is -0.396. The molecule has 132 valence electrons. The second kappa shape index (κ2) is 7.75. The van der Waals surface area contributed by atoms with E-state index in [4.69, 9.17) is 5.11 Å². The highest BCUT2D eigenvalue weighted by Gasteiger charge is 2.29. The Morgan fingerprint density at radius 1 is 1.50 bits per heavy atom. The molecular formula is C14H21N5O5. The number of nitrogens with zero attached hydrogens (tertiary/aromatic N) is 4. The number of nitrogens with one attached hydrogen (secondary N) is 1. The highest BCUT2D eigenvalue weighted by molar-refractivity contribution is 5.85. The molecule has 0 spiro atoms. The van der Waals surface area contributed by atoms with Crippen LogP contribution < -0.4 is 5.32 Å². The van der Waals surface area contributed by atoms with E-state index in [0.29, 0.717) is 19.0 Å². The third-order valence-electron chi connectivity index (χ3n) is 4.21. The lowest BCUT2D eigenvalue weighted by Crippen LogP contribution is -2.50. The summed E-state index contributed by atoms with van der Waals surface area (Å²) in [7, 11) is 0. The van der Waals surface area contributed by atoms with Gasteiger partial charge in [-0.1, -0.05) is 11.9 Å². The third-order valence-corrected chi connectivity index (χ3v) is 4.21. The van der Waals surface area contributed by atoms with Crippen molar-refractivity contribution in [3.05, 3.63) is 22.5 Å². The Morgan fingerprint density at radius 2 is 2.17 bits per heavy atom. The van der Waals surface area contributed by atoms with E-state index in [2.05, 4.69) is 17.2 Å². The molecule has 1 fully saturated rings. The molecule has 1 saturated heterocycles. The van der Waals surface area contributed by atoms with Crippen molar-refractivity contribution in [2.45, 2.75) is 38.8 Å². The summed E-state index contributed by atoms with van der Waals surface area (Å²) in [4.78, 5) is 39.1. The van der Waals surface area contributed by atoms with Gasteiger partial charge in [0.25, 0.3) is 0 Å². The predicted octanol–water partition coefficient (Wildman–Crippen LogP) is 1.08. The van der Waals surface area contributed by atoms with Gasteiger partial charge in [0.05, 0.1) is 6.54 Å². The van der Waals surface area contributed by atoms with Crippen LogP contribution in [0.4, 0.5) is 10.7 Å². The first-order valence-electron chi connectivity index (χ1n) is 7.82. The van der Waals surface area contributed by atoms with E-state index in [9.17, 15) is 19.7 Å². The van der Waals surface area contributed by atoms with Gasteiger partial charge in [-0.15, -0.1) is 0 Å². The quantitative estimate of drug-likeness (QED) is 0.589. The first-order chi connectivity index (χ1) is 11.4. The standard InChI is InChI=1S/C14H21N5O5/c1-10-2-6-17(7-3-10)12(20)11(16-14(21)22)4-8-18-9-5-15-13(18)19(23)24/h5,9-11,16H,2-4,6-8H2,1H3,(H,21,22). The fraction of sp³-hybridized carbons (Fsp3) is 0.643. The van der Waals surface area contributed by atoms with Gasteiger partial charge < -0.3 is 25.4 Å². The first-order valence-corrected chi connectivity index (χ1v) is 7.82. The lowest BCUT2D eigenvalue weighted by atomic mass is 9.98. The van der Waals surface area contributed by atoms with Gasteiger partial charge in [0.15, 0.2) is 0 Å². The molecule has 1 aromatic heterocycles. The van der Waals surface area contributed by atoms with Crippen LogP contribution in [0.25, 0.3) is 0 Å². The zero-order chi connectivity index (χ0) is 17.7. The van der Waals surface area contributed by atoms with Crippen molar-refractivity contribution in [2.75, 3.05) is 13.1 Å². The van der Waals surface area contributed by atoms with Crippen LogP contribution in [0.2, 0.25) is 0 Å². The minimum atomic E-state index is -1.29. The smallest absolute Gasteiger partial charge is 0.434 e. The molecule has 1 atom stereocenters. The number of carboxylic acid groups (broad SMARTS) is 1. The molecule has 2 rings (SSSR count). The number of amides is 2. The molecule has 24 heavy (non-hydrogen) atoms. The minimum absolute atomic E-state index is 0.119. The Morgan fingerprint density at radius 3 is 2.75 bits per heavy atom. The predicted molar refractivity (Wildman–Crippen MR) is 83.4 cm³/mol. The Labute approximate surface area is 138 Å². The van der Waals surface area contributed by atoms with E-state index in [1.165, 1.54) is 17.0 Å². The van der Waals surface area contributed by atoms with Gasteiger partial charge >= 0.3 is 12.0 Å². The molecule has 2 heterocycles. The van der Waals surface area contributed by atoms with Gasteiger partial charge in [-0.05, 0) is 23.7 Å². The molecule has 0 aliphatic carbocycles. The van der Waals surface area contributed by atoms with E-state index < -0.39 is 17.1 Å². The number of piperidine rings is 1. The van der Waals surface area contributed by atoms with Crippen LogP contribution in [-0.4, -0.2) is 55.6 Å². The molecule has 2 amide bonds. The van der Waals surface area contributed by atoms with Crippen LogP contribution in [0.3, 0.4) is 0 Å². The van der Waals surface area contributed by atoms with Gasteiger partial charge in [0.2, 0.25) is 5.91 Å². The highest BCUT2D eigenvalue weighted by atomic mass is 16.6. The highest BCUT2D eigenvalue weighted by Crippen LogP contribution is 2.18. The number of carbonyl (C=O) groups excluding carboxylic acids is 1. The Balaban J connectivity index is 2.02. The Bertz CT molecular complexity index is 608. The summed E-state index contributed by atoms with van der Waals surface area (Å²) in [5.74, 6) is -0.0658. The average Bonchev–Trinajstić information content (AvgIpc) is 3.00. The summed E-state index contributed by atoms with van der Waals surface area (Å²) in [5, 5.41) is 22.0. The molecule has 1 aliphatic rings. The van der Waals surface area contributed by atoms with Crippen molar-refractivity contribution in [3.63, 3.8) is 0 Å². The van der Waals surface area contributed by atoms with Crippen LogP contribution in [-0.2, 0) is 11.3 Å². The number of aromatic nitrogens is 2. The van der Waals surface area contributed by atoms with Crippen molar-refractivity contribution in [1.82, 2.24) is 19.8 Å². The molecule has 10 heteroatoms. The second-order valence-electron chi connectivity index (χ2n) is 5.98. The summed E-state index contributed by atoms with van der Waals surface area (Å²) in [5.41, 5.74) is 0. The molecule has 0 saturated carbocycles. The summed E-state index contributed by atoms with van der Waals surface area (Å²) in [6.45, 7) is 3.44. The van der Waals surface area contributed by atoms with E-state index in [0.717, 1.165) is 12.8 Å². The minimum Gasteiger partial charge on any atom is -0.465 e. The van der Waals surface area contributed by atoms with Crippen LogP contribution in [0.1, 0.15) is 26.2 Å². The molecule has 1 aromatic rings. The van der Waals surface area contributed by atoms with E-state index in [1.807, 2.05) is 0 Å². The number of carbonyl (C=O) groups is 2. The van der Waals surface area contributed by atoms with Gasteiger partial charge in [-0.2, -0.15) is 0 Å². The number of nitro groups is 1. The summed E-state index contributed by atoms with van der Waals surface area (Å²) in [6.07, 6.45) is 3.33. The van der Waals surface area contributed by atoms with Crippen molar-refractivity contribution in [2.24, 2.45) is 5.92 Å². The second-order valence-corrected chi connectivity index (χ2v) is 5.98. The summed E-state index contributed by atoms with van der Waals surface area (Å²) in [6, 6.07) is -0.932. The zero-order valence-electron chi connectivity index (χ0n) is 13.4. The van der Waals surface area contributed by atoms with Crippen molar-refractivity contribution >= 4 is 17.9 Å². The van der Waals surface area contributed by atoms with Crippen LogP contribution in [0.5, 0.6) is 0 Å². The van der Waals surface area contributed by atoms with Crippen LogP contribution >= 0.6 is 0 Å². The normalized spacial score (nSPS) is 16.6. The maximum Gasteiger partial charge on any atom is 0.434 e. The molecule has 1 aliphatic heterocycles. The van der Waals surface area contributed by atoms with Gasteiger partial charge in [0.1, 0.15) is 18.4 Å². The number of imidazole rings is 1. The van der Waals surface area contributed by atoms with Crippen molar-refractivity contribution in [1.29, 1.82) is 0 Å². The molecule has 0 bridgehead atoms. The maximum absolute atomic E-state index is 12.6. The molecule has 0 aromatic carbocycles. The number of likely N-dealkylation sites (tertiary alicyclic amines) is 1. The molecule has 10 nitrogen and oxygen atoms in total. The molecular weight excluding hydrogens is 318 g/mol. The summed E-state index contributed by atoms with van der Waals surface area (Å²) < 4.78 is 1.29. The molecule has 2 N–H and O–H groups in total. The van der Waals surface area contributed by atoms with Crippen molar-refractivity contribution < 1.29 is 19.6 Å². The van der Waals surface area contributed by atoms with Crippen molar-refractivity contribution in [3.8, 4) is 0 Å². The number of aryl methyl sites for hydroxylation is 1. The third kappa shape index (κ3) is 4.43. The fourth-order valence-electron chi connectivity index (χ4n) is 2.77. The van der Waals surface area contributed by atoms with E-state index >= 15 is 0 Å². The van der Waals surface area contributed by atoms with Gasteiger partial charge in [-0.25, -0.2) is 9.36 Å². The van der Waals surface area contributed by atoms with Gasteiger partial charge in [0, 0.05) is 19.5 Å². The number of hydrogen-bond donors (Lipinski definition) is 2. The SMILES string of the molecule is CC1CCN(C(=O)C(CCn2ccnc2[N+](=O)[O-])NC(=O)O)CC1. The van der Waals surface area contributed by atoms with Crippen LogP contribution in [0, 0.1) is 16.0 Å². The number of hydrogen-bond acceptors (Lipinski definition) is 5. The average molecular weight is 339 g/mol. The van der Waals surface area contributed by atoms with Crippen LogP contribution in [0.15, 0.2) is 12.4 Å². The fourth-order valence-corrected chi connectivity index (χ4v) is 2.77. The molecule has 0 radical (unpaired) electrons. The monoisotopic (exact) mass is 339 g/mol. The van der Waals surface area contributed by atoms with E-state index in [1.54, 1.807) is 4.90 Å². The Hall–Kier alpha value is -2.65. The topological polar surface area (TPSA) is 131 Å².